The summed E-state index contributed by atoms with van der Waals surface area (Å²) in [7, 11) is -4.05. The molecule has 1 aliphatic heterocycles. The maximum Gasteiger partial charge on any atom is 0.269 e. The van der Waals surface area contributed by atoms with E-state index in [9.17, 15) is 8.42 Å². The number of rotatable bonds is 3. The zero-order valence-electron chi connectivity index (χ0n) is 14.0. The zero-order chi connectivity index (χ0) is 18.3. The van der Waals surface area contributed by atoms with Gasteiger partial charge in [-0.3, -0.25) is 9.54 Å². The van der Waals surface area contributed by atoms with Crippen LogP contribution in [0.25, 0.3) is 10.9 Å². The van der Waals surface area contributed by atoms with Gasteiger partial charge in [-0.25, -0.2) is 0 Å². The van der Waals surface area contributed by atoms with Crippen LogP contribution in [0.3, 0.4) is 0 Å². The fraction of sp³-hybridized carbons (Fsp3) is 0.211. The van der Waals surface area contributed by atoms with Crippen LogP contribution in [0.2, 0.25) is 0 Å². The Morgan fingerprint density at radius 2 is 1.96 bits per heavy atom. The van der Waals surface area contributed by atoms with Crippen molar-refractivity contribution in [3.8, 4) is 11.5 Å². The Bertz CT molecular complexity index is 1080. The fourth-order valence-electron chi connectivity index (χ4n) is 3.04. The summed E-state index contributed by atoms with van der Waals surface area (Å²) in [6.45, 7) is 2.33. The van der Waals surface area contributed by atoms with Gasteiger partial charge in [0.05, 0.1) is 5.52 Å². The second kappa shape index (κ2) is 6.26. The second-order valence-corrected chi connectivity index (χ2v) is 7.81. The lowest BCUT2D eigenvalue weighted by atomic mass is 10.1. The SMILES string of the molecule is Cc1cnc2ccc3c(c2c1)OC(c1ccc(CS(=O)(=O)O)cc1)CO3. The van der Waals surface area contributed by atoms with Gasteiger partial charge in [-0.1, -0.05) is 24.3 Å². The molecule has 2 heterocycles. The Morgan fingerprint density at radius 3 is 2.69 bits per heavy atom. The van der Waals surface area contributed by atoms with Crippen LogP contribution >= 0.6 is 0 Å². The van der Waals surface area contributed by atoms with E-state index in [1.165, 1.54) is 0 Å². The lowest BCUT2D eigenvalue weighted by molar-refractivity contribution is 0.0934. The third-order valence-electron chi connectivity index (χ3n) is 4.27. The molecule has 26 heavy (non-hydrogen) atoms. The predicted molar refractivity (Wildman–Crippen MR) is 97.0 cm³/mol. The molecule has 0 aliphatic carbocycles. The number of ether oxygens (including phenoxy) is 2. The summed E-state index contributed by atoms with van der Waals surface area (Å²) < 4.78 is 43.0. The van der Waals surface area contributed by atoms with E-state index in [1.54, 1.807) is 24.3 Å². The highest BCUT2D eigenvalue weighted by Crippen LogP contribution is 2.41. The molecule has 1 N–H and O–H groups in total. The third kappa shape index (κ3) is 3.36. The molecule has 0 saturated carbocycles. The van der Waals surface area contributed by atoms with Gasteiger partial charge in [0.15, 0.2) is 17.6 Å². The molecule has 1 atom stereocenters. The van der Waals surface area contributed by atoms with Crippen LogP contribution in [0.15, 0.2) is 48.7 Å². The van der Waals surface area contributed by atoms with E-state index in [4.69, 9.17) is 14.0 Å². The highest BCUT2D eigenvalue weighted by molar-refractivity contribution is 7.85. The number of aromatic nitrogens is 1. The molecule has 0 bridgehead atoms. The molecule has 134 valence electrons. The smallest absolute Gasteiger partial charge is 0.269 e. The summed E-state index contributed by atoms with van der Waals surface area (Å²) in [5.74, 6) is 0.939. The minimum absolute atomic E-state index is 0.312. The molecule has 1 unspecified atom stereocenters. The molecule has 0 radical (unpaired) electrons. The quantitative estimate of drug-likeness (QED) is 0.710. The van der Waals surface area contributed by atoms with Crippen molar-refractivity contribution in [3.05, 3.63) is 65.4 Å². The van der Waals surface area contributed by atoms with Crippen molar-refractivity contribution in [2.75, 3.05) is 6.61 Å². The van der Waals surface area contributed by atoms with Crippen LogP contribution in [-0.2, 0) is 15.9 Å². The van der Waals surface area contributed by atoms with Gasteiger partial charge < -0.3 is 9.47 Å². The number of hydrogen-bond acceptors (Lipinski definition) is 5. The van der Waals surface area contributed by atoms with Crippen LogP contribution < -0.4 is 9.47 Å². The van der Waals surface area contributed by atoms with Crippen LogP contribution in [0.4, 0.5) is 0 Å². The lowest BCUT2D eigenvalue weighted by Crippen LogP contribution is -2.21. The average Bonchev–Trinajstić information content (AvgIpc) is 2.60. The molecule has 6 nitrogen and oxygen atoms in total. The molecule has 0 spiro atoms. The normalized spacial score (nSPS) is 16.6. The minimum Gasteiger partial charge on any atom is -0.485 e. The Kier molecular flexibility index (Phi) is 4.05. The number of hydrogen-bond donors (Lipinski definition) is 1. The molecule has 1 aromatic heterocycles. The monoisotopic (exact) mass is 371 g/mol. The average molecular weight is 371 g/mol. The van der Waals surface area contributed by atoms with Gasteiger partial charge in [0.25, 0.3) is 10.1 Å². The van der Waals surface area contributed by atoms with Gasteiger partial charge in [-0.2, -0.15) is 8.42 Å². The standard InChI is InChI=1S/C19H17NO5S/c1-12-8-15-16(20-9-12)6-7-17-19(15)25-18(10-24-17)14-4-2-13(3-5-14)11-26(21,22)23/h2-9,18H,10-11H2,1H3,(H,21,22,23). The van der Waals surface area contributed by atoms with E-state index < -0.39 is 15.9 Å². The van der Waals surface area contributed by atoms with E-state index in [-0.39, 0.29) is 6.10 Å². The molecule has 3 aromatic rings. The van der Waals surface area contributed by atoms with E-state index in [2.05, 4.69) is 4.98 Å². The van der Waals surface area contributed by atoms with Crippen molar-refractivity contribution in [2.45, 2.75) is 18.8 Å². The van der Waals surface area contributed by atoms with Gasteiger partial charge in [-0.15, -0.1) is 0 Å². The molecular weight excluding hydrogens is 354 g/mol. The Morgan fingerprint density at radius 1 is 1.19 bits per heavy atom. The molecule has 4 rings (SSSR count). The van der Waals surface area contributed by atoms with E-state index in [1.807, 2.05) is 31.3 Å². The highest BCUT2D eigenvalue weighted by Gasteiger charge is 2.25. The van der Waals surface area contributed by atoms with Crippen molar-refractivity contribution in [3.63, 3.8) is 0 Å². The number of fused-ring (bicyclic) bond motifs is 3. The Balaban J connectivity index is 1.65. The fourth-order valence-corrected chi connectivity index (χ4v) is 3.65. The number of pyridine rings is 1. The first-order chi connectivity index (χ1) is 12.4. The maximum absolute atomic E-state index is 11.0. The predicted octanol–water partition coefficient (Wildman–Crippen LogP) is 3.44. The Hall–Kier alpha value is -2.64. The first kappa shape index (κ1) is 16.8. The number of benzene rings is 2. The summed E-state index contributed by atoms with van der Waals surface area (Å²) in [5.41, 5.74) is 3.25. The van der Waals surface area contributed by atoms with E-state index >= 15 is 0 Å². The van der Waals surface area contributed by atoms with Crippen molar-refractivity contribution in [2.24, 2.45) is 0 Å². The third-order valence-corrected chi connectivity index (χ3v) is 4.97. The largest absolute Gasteiger partial charge is 0.485 e. The van der Waals surface area contributed by atoms with Crippen molar-refractivity contribution < 1.29 is 22.4 Å². The Labute approximate surface area is 151 Å². The van der Waals surface area contributed by atoms with Crippen LogP contribution in [0.1, 0.15) is 22.8 Å². The zero-order valence-corrected chi connectivity index (χ0v) is 14.9. The van der Waals surface area contributed by atoms with Crippen LogP contribution in [0.5, 0.6) is 11.5 Å². The first-order valence-electron chi connectivity index (χ1n) is 8.12. The van der Waals surface area contributed by atoms with Crippen molar-refractivity contribution in [1.82, 2.24) is 4.98 Å². The molecule has 0 amide bonds. The molecule has 1 aliphatic rings. The number of aryl methyl sites for hydroxylation is 1. The molecule has 2 aromatic carbocycles. The summed E-state index contributed by atoms with van der Waals surface area (Å²) in [4.78, 5) is 4.42. The summed E-state index contributed by atoms with van der Waals surface area (Å²) in [6.07, 6.45) is 1.50. The van der Waals surface area contributed by atoms with Crippen molar-refractivity contribution >= 4 is 21.0 Å². The van der Waals surface area contributed by atoms with E-state index in [0.717, 1.165) is 22.0 Å². The molecule has 0 saturated heterocycles. The summed E-state index contributed by atoms with van der Waals surface area (Å²) in [5, 5.41) is 0.898. The minimum atomic E-state index is -4.05. The highest BCUT2D eigenvalue weighted by atomic mass is 32.2. The van der Waals surface area contributed by atoms with Gasteiger partial charge in [0.2, 0.25) is 0 Å². The van der Waals surface area contributed by atoms with Gasteiger partial charge in [0, 0.05) is 11.6 Å². The van der Waals surface area contributed by atoms with E-state index in [0.29, 0.717) is 23.7 Å². The van der Waals surface area contributed by atoms with Crippen LogP contribution in [0, 0.1) is 6.92 Å². The van der Waals surface area contributed by atoms with Gasteiger partial charge >= 0.3 is 0 Å². The number of nitrogens with zero attached hydrogens (tertiary/aromatic N) is 1. The maximum atomic E-state index is 11.0. The lowest BCUT2D eigenvalue weighted by Gasteiger charge is -2.28. The first-order valence-corrected chi connectivity index (χ1v) is 9.73. The summed E-state index contributed by atoms with van der Waals surface area (Å²) in [6, 6.07) is 12.7. The molecule has 0 fully saturated rings. The second-order valence-electron chi connectivity index (χ2n) is 6.36. The molecular formula is C19H17NO5S. The van der Waals surface area contributed by atoms with Crippen molar-refractivity contribution in [1.29, 1.82) is 0 Å². The topological polar surface area (TPSA) is 85.7 Å². The van der Waals surface area contributed by atoms with Crippen LogP contribution in [-0.4, -0.2) is 24.6 Å². The van der Waals surface area contributed by atoms with Gasteiger partial charge in [0.1, 0.15) is 12.4 Å². The summed E-state index contributed by atoms with van der Waals surface area (Å²) >= 11 is 0. The van der Waals surface area contributed by atoms with Gasteiger partial charge in [-0.05, 0) is 41.8 Å². The molecule has 7 heteroatoms.